The molecule has 2 amide bonds. The minimum Gasteiger partial charge on any atom is -0.424 e. The van der Waals surface area contributed by atoms with Gasteiger partial charge >= 0.3 is 11.9 Å². The molecule has 0 aromatic carbocycles. The van der Waals surface area contributed by atoms with Gasteiger partial charge in [0.2, 0.25) is 12.2 Å². The zero-order valence-electron chi connectivity index (χ0n) is 23.3. The Morgan fingerprint density at radius 1 is 1.00 bits per heavy atom. The van der Waals surface area contributed by atoms with Gasteiger partial charge in [0.05, 0.1) is 17.5 Å². The summed E-state index contributed by atoms with van der Waals surface area (Å²) in [4.78, 5) is 60.6. The first-order chi connectivity index (χ1) is 18.2. The molecule has 12 nitrogen and oxygen atoms in total. The number of β-lactam (4-membered cyclic amide) rings is 2. The maximum atomic E-state index is 13.2. The minimum atomic E-state index is -3.78. The summed E-state index contributed by atoms with van der Waals surface area (Å²) in [5.74, 6) is -2.38. The maximum Gasteiger partial charge on any atom is 0.333 e. The van der Waals surface area contributed by atoms with Gasteiger partial charge in [0.15, 0.2) is 15.9 Å². The fraction of sp³-hybridized carbons (Fsp3) is 0.800. The van der Waals surface area contributed by atoms with Gasteiger partial charge in [-0.2, -0.15) is 0 Å². The predicted molar refractivity (Wildman–Crippen MR) is 149 cm³/mol. The number of hydrogen-bond donors (Lipinski definition) is 0. The van der Waals surface area contributed by atoms with Crippen LogP contribution >= 0.6 is 24.2 Å². The van der Waals surface area contributed by atoms with E-state index in [0.29, 0.717) is 0 Å². The van der Waals surface area contributed by atoms with E-state index < -0.39 is 67.0 Å². The molecule has 0 aromatic heterocycles. The summed E-state index contributed by atoms with van der Waals surface area (Å²) in [5.41, 5.74) is 0. The van der Waals surface area contributed by atoms with Crippen LogP contribution in [0.15, 0.2) is 4.99 Å². The topological polar surface area (TPSA) is 143 Å². The zero-order valence-corrected chi connectivity index (χ0v) is 25.7. The highest BCUT2D eigenvalue weighted by molar-refractivity contribution is 8.01. The van der Waals surface area contributed by atoms with Gasteiger partial charge < -0.3 is 24.2 Å². The number of amides is 2. The smallest absolute Gasteiger partial charge is 0.333 e. The number of carbonyl (C=O) groups excluding carboxylic acids is 4. The second-order valence-electron chi connectivity index (χ2n) is 11.9. The average molecular weight is 621 g/mol. The van der Waals surface area contributed by atoms with Crippen LogP contribution in [0.2, 0.25) is 0 Å². The van der Waals surface area contributed by atoms with Crippen molar-refractivity contribution in [2.24, 2.45) is 4.99 Å². The van der Waals surface area contributed by atoms with E-state index in [1.165, 1.54) is 50.3 Å². The fourth-order valence-electron chi connectivity index (χ4n) is 6.18. The number of ether oxygens (including phenoxy) is 2. The number of hydrogen-bond acceptors (Lipinski definition) is 10. The molecule has 0 radical (unpaired) electrons. The first kappa shape index (κ1) is 30.9. The molecule has 5 aliphatic rings. The molecule has 6 atom stereocenters. The van der Waals surface area contributed by atoms with E-state index in [9.17, 15) is 27.6 Å². The Bertz CT molecular complexity index is 1220. The third-order valence-corrected chi connectivity index (χ3v) is 12.8. The number of halogens is 1. The van der Waals surface area contributed by atoms with Crippen molar-refractivity contribution in [3.8, 4) is 0 Å². The van der Waals surface area contributed by atoms with Crippen LogP contribution in [0, 0.1) is 0 Å². The third kappa shape index (κ3) is 4.77. The lowest BCUT2D eigenvalue weighted by Gasteiger charge is -2.42. The summed E-state index contributed by atoms with van der Waals surface area (Å²) in [5, 5.41) is -1.35. The molecule has 5 aliphatic heterocycles. The number of esters is 2. The molecule has 5 rings (SSSR count). The van der Waals surface area contributed by atoms with E-state index in [1.807, 2.05) is 13.8 Å². The monoisotopic (exact) mass is 620 g/mol. The molecule has 0 aliphatic carbocycles. The predicted octanol–water partition coefficient (Wildman–Crippen LogP) is 1.31. The number of aliphatic imine (C=N–C) groups is 1. The van der Waals surface area contributed by atoms with E-state index >= 15 is 0 Å². The van der Waals surface area contributed by atoms with Gasteiger partial charge in [0.25, 0.3) is 5.91 Å². The highest BCUT2D eigenvalue weighted by atomic mass is 35.5. The molecular formula is C25H37ClN4O8S2. The highest BCUT2D eigenvalue weighted by Crippen LogP contribution is 2.52. The van der Waals surface area contributed by atoms with Crippen molar-refractivity contribution in [2.45, 2.75) is 111 Å². The first-order valence-electron chi connectivity index (χ1n) is 13.4. The summed E-state index contributed by atoms with van der Waals surface area (Å²) >= 11 is 1.48. The van der Waals surface area contributed by atoms with E-state index in [0.717, 1.165) is 30.8 Å². The number of thioether (sulfide) groups is 1. The van der Waals surface area contributed by atoms with Crippen molar-refractivity contribution in [1.82, 2.24) is 14.7 Å². The lowest BCUT2D eigenvalue weighted by molar-refractivity contribution is -0.196. The summed E-state index contributed by atoms with van der Waals surface area (Å²) in [6, 6.07) is -2.81. The largest absolute Gasteiger partial charge is 0.424 e. The number of sulfone groups is 1. The van der Waals surface area contributed by atoms with E-state index in [2.05, 4.69) is 9.89 Å². The van der Waals surface area contributed by atoms with Crippen LogP contribution in [0.3, 0.4) is 0 Å². The van der Waals surface area contributed by atoms with Crippen molar-refractivity contribution in [2.75, 3.05) is 13.1 Å². The Morgan fingerprint density at radius 3 is 2.15 bits per heavy atom. The Labute approximate surface area is 244 Å². The van der Waals surface area contributed by atoms with Gasteiger partial charge in [0.1, 0.15) is 22.8 Å². The summed E-state index contributed by atoms with van der Waals surface area (Å²) in [7, 11) is -3.78. The molecule has 5 saturated heterocycles. The lowest BCUT2D eigenvalue weighted by atomic mass is 9.96. The van der Waals surface area contributed by atoms with Crippen LogP contribution in [0.25, 0.3) is 0 Å². The minimum absolute atomic E-state index is 0. The standard InChI is InChI=1S/C25H36N4O8S2.ClH/c1-14(37-23(33)19-25(4,5)39(34,35)16-12-15(30)28(16)19)36-22(32)18-24(2,3)38-21-17(20(31)29(18)21)26-13-27-10-8-6-7-9-11-27;/h13-14,16-19,21H,6-12H2,1-5H3;1H/t14?,16-,17-,18+,19+,21-;/m1./s1. The number of carbonyl (C=O) groups is 4. The van der Waals surface area contributed by atoms with Crippen LogP contribution in [-0.2, 0) is 38.5 Å². The Kier molecular flexibility index (Phi) is 8.22. The summed E-state index contributed by atoms with van der Waals surface area (Å²) in [6.07, 6.45) is 4.83. The number of rotatable bonds is 6. The third-order valence-electron chi connectivity index (χ3n) is 8.43. The number of nitrogens with zero attached hydrogens (tertiary/aromatic N) is 4. The van der Waals surface area contributed by atoms with E-state index in [-0.39, 0.29) is 30.1 Å². The quantitative estimate of drug-likeness (QED) is 0.140. The molecule has 0 aromatic rings. The molecule has 40 heavy (non-hydrogen) atoms. The van der Waals surface area contributed by atoms with Gasteiger partial charge in [0, 0.05) is 24.8 Å². The first-order valence-corrected chi connectivity index (χ1v) is 15.8. The molecule has 0 saturated carbocycles. The fourth-order valence-corrected chi connectivity index (χ4v) is 9.92. The summed E-state index contributed by atoms with van der Waals surface area (Å²) < 4.78 is 34.1. The second-order valence-corrected chi connectivity index (χ2v) is 16.3. The van der Waals surface area contributed by atoms with E-state index in [4.69, 9.17) is 9.47 Å². The Balaban J connectivity index is 0.00000370. The van der Waals surface area contributed by atoms with Crippen LogP contribution in [0.5, 0.6) is 0 Å². The van der Waals surface area contributed by atoms with Gasteiger partial charge in [-0.1, -0.05) is 12.8 Å². The molecule has 0 N–H and O–H groups in total. The molecule has 0 spiro atoms. The molecular weight excluding hydrogens is 584 g/mol. The zero-order chi connectivity index (χ0) is 28.5. The van der Waals surface area contributed by atoms with Crippen molar-refractivity contribution in [3.63, 3.8) is 0 Å². The average Bonchev–Trinajstić information content (AvgIpc) is 3.01. The van der Waals surface area contributed by atoms with E-state index in [1.54, 1.807) is 6.34 Å². The van der Waals surface area contributed by atoms with Crippen molar-refractivity contribution >= 4 is 64.1 Å². The van der Waals surface area contributed by atoms with Crippen LogP contribution < -0.4 is 0 Å². The number of likely N-dealkylation sites (tertiary alicyclic amines) is 1. The number of fused-ring (bicyclic) bond motifs is 2. The normalized spacial score (nSPS) is 34.1. The van der Waals surface area contributed by atoms with Gasteiger partial charge in [-0.25, -0.2) is 18.0 Å². The molecule has 224 valence electrons. The maximum absolute atomic E-state index is 13.2. The van der Waals surface area contributed by atoms with Crippen LogP contribution in [-0.4, -0.2) is 111 Å². The molecule has 0 bridgehead atoms. The van der Waals surface area contributed by atoms with Gasteiger partial charge in [-0.05, 0) is 40.5 Å². The van der Waals surface area contributed by atoms with Gasteiger partial charge in [-0.3, -0.25) is 14.6 Å². The van der Waals surface area contributed by atoms with Crippen molar-refractivity contribution in [3.05, 3.63) is 0 Å². The summed E-state index contributed by atoms with van der Waals surface area (Å²) in [6.45, 7) is 9.65. The Hall–Kier alpha value is -2.06. The van der Waals surface area contributed by atoms with Gasteiger partial charge in [-0.15, -0.1) is 24.2 Å². The highest BCUT2D eigenvalue weighted by Gasteiger charge is 2.68. The van der Waals surface area contributed by atoms with Crippen LogP contribution in [0.4, 0.5) is 0 Å². The molecule has 5 fully saturated rings. The molecule has 1 unspecified atom stereocenters. The lowest BCUT2D eigenvalue weighted by Crippen LogP contribution is -2.65. The SMILES string of the molecule is CC(OC(=O)[C@@H]1N2C(=O)[C@@H](N=CN3CCCCCC3)[C@H]2SC1(C)C)OC(=O)[C@@H]1N2C(=O)C[C@H]2S(=O)(=O)C1(C)C.Cl. The van der Waals surface area contributed by atoms with Crippen LogP contribution in [0.1, 0.15) is 66.7 Å². The second kappa shape index (κ2) is 10.6. The van der Waals surface area contributed by atoms with Crippen molar-refractivity contribution < 1.29 is 37.1 Å². The molecule has 5 heterocycles. The Morgan fingerprint density at radius 2 is 1.57 bits per heavy atom. The molecule has 15 heteroatoms. The van der Waals surface area contributed by atoms with Crippen molar-refractivity contribution in [1.29, 1.82) is 0 Å².